The van der Waals surface area contributed by atoms with Gasteiger partial charge in [-0.15, -0.1) is 0 Å². The molecule has 17 heavy (non-hydrogen) atoms. The van der Waals surface area contributed by atoms with E-state index >= 15 is 0 Å². The van der Waals surface area contributed by atoms with E-state index in [1.807, 2.05) is 0 Å². The molecular weight excluding hydrogens is 231 g/mol. The molecule has 0 aromatic carbocycles. The molecule has 2 atom stereocenters. The maximum atomic E-state index is 12.0. The lowest BCUT2D eigenvalue weighted by atomic mass is 9.98. The van der Waals surface area contributed by atoms with Crippen molar-refractivity contribution >= 4 is 0 Å². The van der Waals surface area contributed by atoms with E-state index in [0.717, 1.165) is 19.5 Å². The van der Waals surface area contributed by atoms with Crippen LogP contribution in [0.2, 0.25) is 0 Å². The van der Waals surface area contributed by atoms with Crippen molar-refractivity contribution < 1.29 is 17.9 Å². The fourth-order valence-electron chi connectivity index (χ4n) is 2.27. The molecule has 1 aliphatic carbocycles. The normalized spacial score (nSPS) is 28.4. The third kappa shape index (κ3) is 5.73. The summed E-state index contributed by atoms with van der Waals surface area (Å²) in [6, 6.07) is 0. The van der Waals surface area contributed by atoms with Gasteiger partial charge in [-0.3, -0.25) is 0 Å². The molecule has 1 N–H and O–H groups in total. The van der Waals surface area contributed by atoms with Crippen molar-refractivity contribution in [3.8, 4) is 0 Å². The van der Waals surface area contributed by atoms with Gasteiger partial charge in [0.15, 0.2) is 0 Å². The Labute approximate surface area is 101 Å². The summed E-state index contributed by atoms with van der Waals surface area (Å²) in [6.45, 7) is 4.47. The van der Waals surface area contributed by atoms with Gasteiger partial charge in [0.05, 0.1) is 6.61 Å². The molecular formula is C12H22F3NO. The van der Waals surface area contributed by atoms with E-state index in [-0.39, 0.29) is 11.8 Å². The molecule has 0 spiro atoms. The molecule has 5 heteroatoms. The average Bonchev–Trinajstić information content (AvgIpc) is 2.82. The highest BCUT2D eigenvalue weighted by molar-refractivity contribution is 4.99. The molecule has 0 radical (unpaired) electrons. The second kappa shape index (κ2) is 6.05. The minimum atomic E-state index is -4.00. The number of alkyl halides is 3. The summed E-state index contributed by atoms with van der Waals surface area (Å²) in [5, 5.41) is 3.26. The highest BCUT2D eigenvalue weighted by Crippen LogP contribution is 2.55. The van der Waals surface area contributed by atoms with Crippen molar-refractivity contribution in [1.29, 1.82) is 0 Å². The largest absolute Gasteiger partial charge is 0.389 e. The SMILES string of the molecule is COCCNCC1CC1(C)CCCC(F)(F)F. The number of rotatable bonds is 8. The van der Waals surface area contributed by atoms with Gasteiger partial charge >= 0.3 is 6.18 Å². The summed E-state index contributed by atoms with van der Waals surface area (Å²) in [6.07, 6.45) is -2.66. The van der Waals surface area contributed by atoms with Gasteiger partial charge < -0.3 is 10.1 Å². The average molecular weight is 253 g/mol. The van der Waals surface area contributed by atoms with Crippen LogP contribution in [0, 0.1) is 11.3 Å². The Balaban J connectivity index is 2.06. The van der Waals surface area contributed by atoms with Crippen LogP contribution in [0.4, 0.5) is 13.2 Å². The van der Waals surface area contributed by atoms with Crippen LogP contribution in [0.15, 0.2) is 0 Å². The minimum absolute atomic E-state index is 0.130. The quantitative estimate of drug-likeness (QED) is 0.671. The molecule has 0 aliphatic heterocycles. The number of hydrogen-bond acceptors (Lipinski definition) is 2. The zero-order chi connectivity index (χ0) is 12.9. The summed E-state index contributed by atoms with van der Waals surface area (Å²) in [5.74, 6) is 0.535. The second-order valence-electron chi connectivity index (χ2n) is 5.22. The summed E-state index contributed by atoms with van der Waals surface area (Å²) in [7, 11) is 1.65. The summed E-state index contributed by atoms with van der Waals surface area (Å²) in [5.41, 5.74) is 0.130. The Hall–Kier alpha value is -0.290. The zero-order valence-electron chi connectivity index (χ0n) is 10.6. The maximum Gasteiger partial charge on any atom is 0.389 e. The minimum Gasteiger partial charge on any atom is -0.383 e. The fraction of sp³-hybridized carbons (Fsp3) is 1.00. The molecule has 1 fully saturated rings. The monoisotopic (exact) mass is 253 g/mol. The van der Waals surface area contributed by atoms with Gasteiger partial charge in [0.2, 0.25) is 0 Å². The van der Waals surface area contributed by atoms with Crippen molar-refractivity contribution in [3.63, 3.8) is 0 Å². The molecule has 0 aromatic heterocycles. The highest BCUT2D eigenvalue weighted by atomic mass is 19.4. The van der Waals surface area contributed by atoms with Gasteiger partial charge in [-0.1, -0.05) is 6.92 Å². The number of hydrogen-bond donors (Lipinski definition) is 1. The lowest BCUT2D eigenvalue weighted by molar-refractivity contribution is -0.136. The first-order valence-electron chi connectivity index (χ1n) is 6.14. The van der Waals surface area contributed by atoms with E-state index in [4.69, 9.17) is 4.74 Å². The number of ether oxygens (including phenoxy) is 1. The molecule has 1 aliphatic rings. The van der Waals surface area contributed by atoms with Crippen LogP contribution >= 0.6 is 0 Å². The standard InChI is InChI=1S/C12H22F3NO/c1-11(4-3-5-12(13,14)15)8-10(11)9-16-6-7-17-2/h10,16H,3-9H2,1-2H3. The van der Waals surface area contributed by atoms with Crippen LogP contribution in [0.3, 0.4) is 0 Å². The van der Waals surface area contributed by atoms with Crippen LogP contribution in [-0.2, 0) is 4.74 Å². The van der Waals surface area contributed by atoms with Crippen molar-refractivity contribution in [1.82, 2.24) is 5.32 Å². The third-order valence-electron chi connectivity index (χ3n) is 3.62. The molecule has 0 heterocycles. The van der Waals surface area contributed by atoms with E-state index in [1.54, 1.807) is 7.11 Å². The van der Waals surface area contributed by atoms with Crippen LogP contribution in [-0.4, -0.2) is 33.0 Å². The summed E-state index contributed by atoms with van der Waals surface area (Å²) < 4.78 is 40.9. The maximum absolute atomic E-state index is 12.0. The third-order valence-corrected chi connectivity index (χ3v) is 3.62. The number of nitrogens with one attached hydrogen (secondary N) is 1. The van der Waals surface area contributed by atoms with Gasteiger partial charge in [0.1, 0.15) is 0 Å². The van der Waals surface area contributed by atoms with Crippen LogP contribution in [0.5, 0.6) is 0 Å². The summed E-state index contributed by atoms with van der Waals surface area (Å²) in [4.78, 5) is 0. The van der Waals surface area contributed by atoms with Crippen LogP contribution < -0.4 is 5.32 Å². The molecule has 0 aromatic rings. The predicted octanol–water partition coefficient (Wildman–Crippen LogP) is 2.98. The van der Waals surface area contributed by atoms with Crippen molar-refractivity contribution in [2.45, 2.75) is 38.8 Å². The van der Waals surface area contributed by atoms with Gasteiger partial charge in [0, 0.05) is 20.1 Å². The van der Waals surface area contributed by atoms with Gasteiger partial charge in [-0.2, -0.15) is 13.2 Å². The topological polar surface area (TPSA) is 21.3 Å². The van der Waals surface area contributed by atoms with Gasteiger partial charge in [0.25, 0.3) is 0 Å². The number of halogens is 3. The Morgan fingerprint density at radius 2 is 2.12 bits per heavy atom. The first-order valence-corrected chi connectivity index (χ1v) is 6.14. The van der Waals surface area contributed by atoms with Crippen molar-refractivity contribution in [3.05, 3.63) is 0 Å². The van der Waals surface area contributed by atoms with E-state index in [0.29, 0.717) is 18.9 Å². The molecule has 0 amide bonds. The first-order chi connectivity index (χ1) is 7.87. The molecule has 2 unspecified atom stereocenters. The highest BCUT2D eigenvalue weighted by Gasteiger charge is 2.48. The zero-order valence-corrected chi connectivity index (χ0v) is 10.6. The predicted molar refractivity (Wildman–Crippen MR) is 60.9 cm³/mol. The smallest absolute Gasteiger partial charge is 0.383 e. The molecule has 0 saturated heterocycles. The Bertz CT molecular complexity index is 232. The van der Waals surface area contributed by atoms with E-state index in [2.05, 4.69) is 12.2 Å². The lowest BCUT2D eigenvalue weighted by Crippen LogP contribution is -2.23. The van der Waals surface area contributed by atoms with Crippen LogP contribution in [0.1, 0.15) is 32.6 Å². The molecule has 0 bridgehead atoms. The van der Waals surface area contributed by atoms with E-state index in [1.165, 1.54) is 0 Å². The van der Waals surface area contributed by atoms with E-state index in [9.17, 15) is 13.2 Å². The van der Waals surface area contributed by atoms with E-state index < -0.39 is 12.6 Å². The molecule has 1 rings (SSSR count). The molecule has 1 saturated carbocycles. The lowest BCUT2D eigenvalue weighted by Gasteiger charge is -2.12. The molecule has 2 nitrogen and oxygen atoms in total. The number of methoxy groups -OCH3 is 1. The Morgan fingerprint density at radius 3 is 2.71 bits per heavy atom. The Morgan fingerprint density at radius 1 is 1.41 bits per heavy atom. The molecule has 102 valence electrons. The van der Waals surface area contributed by atoms with Crippen molar-refractivity contribution in [2.24, 2.45) is 11.3 Å². The van der Waals surface area contributed by atoms with Crippen LogP contribution in [0.25, 0.3) is 0 Å². The van der Waals surface area contributed by atoms with Gasteiger partial charge in [-0.25, -0.2) is 0 Å². The fourth-order valence-corrected chi connectivity index (χ4v) is 2.27. The Kier molecular flexibility index (Phi) is 5.25. The van der Waals surface area contributed by atoms with Crippen molar-refractivity contribution in [2.75, 3.05) is 26.8 Å². The first kappa shape index (κ1) is 14.8. The summed E-state index contributed by atoms with van der Waals surface area (Å²) >= 11 is 0. The van der Waals surface area contributed by atoms with Gasteiger partial charge in [-0.05, 0) is 37.1 Å². The second-order valence-corrected chi connectivity index (χ2v) is 5.22.